The summed E-state index contributed by atoms with van der Waals surface area (Å²) < 4.78 is 0. The number of amides is 1. The molecule has 0 spiro atoms. The number of nitrogens with one attached hydrogen (secondary N) is 2. The first-order chi connectivity index (χ1) is 9.25. The molecule has 0 heterocycles. The third-order valence-corrected chi connectivity index (χ3v) is 2.88. The molecule has 0 bridgehead atoms. The van der Waals surface area contributed by atoms with E-state index in [1.165, 1.54) is 0 Å². The van der Waals surface area contributed by atoms with Crippen molar-refractivity contribution in [1.29, 1.82) is 0 Å². The Hall–Kier alpha value is -2.29. The molecule has 0 saturated heterocycles. The third kappa shape index (κ3) is 4.14. The molecule has 1 amide bonds. The van der Waals surface area contributed by atoms with Crippen molar-refractivity contribution < 1.29 is 4.79 Å². The molecule has 0 aromatic heterocycles. The topological polar surface area (TPSA) is 41.1 Å². The van der Waals surface area contributed by atoms with Crippen molar-refractivity contribution in [2.45, 2.75) is 6.92 Å². The van der Waals surface area contributed by atoms with E-state index in [1.807, 2.05) is 67.6 Å². The van der Waals surface area contributed by atoms with Gasteiger partial charge >= 0.3 is 0 Å². The predicted molar refractivity (Wildman–Crippen MR) is 79.2 cm³/mol. The Morgan fingerprint density at radius 3 is 2.05 bits per heavy atom. The Morgan fingerprint density at radius 1 is 0.947 bits per heavy atom. The van der Waals surface area contributed by atoms with Crippen LogP contribution in [0.15, 0.2) is 60.7 Å². The molecule has 1 unspecified atom stereocenters. The van der Waals surface area contributed by atoms with Gasteiger partial charge in [0.25, 0.3) is 0 Å². The molecule has 0 radical (unpaired) electrons. The van der Waals surface area contributed by atoms with Gasteiger partial charge in [-0.1, -0.05) is 43.3 Å². The van der Waals surface area contributed by atoms with E-state index >= 15 is 0 Å². The second-order valence-corrected chi connectivity index (χ2v) is 4.50. The molecule has 0 fully saturated rings. The van der Waals surface area contributed by atoms with Crippen LogP contribution in [0.3, 0.4) is 0 Å². The Bertz CT molecular complexity index is 511. The average Bonchev–Trinajstić information content (AvgIpc) is 2.47. The van der Waals surface area contributed by atoms with Crippen LogP contribution in [-0.4, -0.2) is 12.5 Å². The Morgan fingerprint density at radius 2 is 1.47 bits per heavy atom. The lowest BCUT2D eigenvalue weighted by Gasteiger charge is -2.13. The average molecular weight is 254 g/mol. The smallest absolute Gasteiger partial charge is 0.228 e. The largest absolute Gasteiger partial charge is 0.384 e. The molecule has 2 aromatic carbocycles. The molecular formula is C16H18N2O. The highest BCUT2D eigenvalue weighted by molar-refractivity contribution is 5.92. The summed E-state index contributed by atoms with van der Waals surface area (Å²) >= 11 is 0. The molecule has 0 aliphatic carbocycles. The zero-order valence-corrected chi connectivity index (χ0v) is 11.0. The van der Waals surface area contributed by atoms with Gasteiger partial charge in [-0.2, -0.15) is 0 Å². The second-order valence-electron chi connectivity index (χ2n) is 4.50. The van der Waals surface area contributed by atoms with E-state index in [9.17, 15) is 4.79 Å². The molecule has 2 rings (SSSR count). The summed E-state index contributed by atoms with van der Waals surface area (Å²) in [6.45, 7) is 2.52. The van der Waals surface area contributed by atoms with E-state index in [2.05, 4.69) is 10.6 Å². The number of anilines is 2. The summed E-state index contributed by atoms with van der Waals surface area (Å²) in [6.07, 6.45) is 0. The van der Waals surface area contributed by atoms with Crippen molar-refractivity contribution in [2.75, 3.05) is 17.2 Å². The lowest BCUT2D eigenvalue weighted by Crippen LogP contribution is -2.26. The Balaban J connectivity index is 1.83. The number of para-hydroxylation sites is 2. The van der Waals surface area contributed by atoms with Crippen molar-refractivity contribution in [3.63, 3.8) is 0 Å². The maximum atomic E-state index is 12.0. The molecule has 19 heavy (non-hydrogen) atoms. The maximum Gasteiger partial charge on any atom is 0.228 e. The highest BCUT2D eigenvalue weighted by Crippen LogP contribution is 2.10. The van der Waals surface area contributed by atoms with E-state index in [1.54, 1.807) is 0 Å². The fourth-order valence-electron chi connectivity index (χ4n) is 1.71. The number of carbonyl (C=O) groups is 1. The molecule has 3 heteroatoms. The van der Waals surface area contributed by atoms with Gasteiger partial charge in [-0.15, -0.1) is 0 Å². The standard InChI is InChI=1S/C16H18N2O/c1-13(12-17-14-8-4-2-5-9-14)16(19)18-15-10-6-3-7-11-15/h2-11,13,17H,12H2,1H3,(H,18,19). The van der Waals surface area contributed by atoms with Crippen LogP contribution in [0.25, 0.3) is 0 Å². The van der Waals surface area contributed by atoms with Crippen LogP contribution in [0.4, 0.5) is 11.4 Å². The van der Waals surface area contributed by atoms with Gasteiger partial charge in [0.1, 0.15) is 0 Å². The van der Waals surface area contributed by atoms with Crippen LogP contribution in [-0.2, 0) is 4.79 Å². The van der Waals surface area contributed by atoms with Gasteiger partial charge in [-0.3, -0.25) is 4.79 Å². The SMILES string of the molecule is CC(CNc1ccccc1)C(=O)Nc1ccccc1. The number of rotatable bonds is 5. The predicted octanol–water partition coefficient (Wildman–Crippen LogP) is 3.37. The monoisotopic (exact) mass is 254 g/mol. The van der Waals surface area contributed by atoms with Crippen molar-refractivity contribution in [3.05, 3.63) is 60.7 Å². The summed E-state index contributed by atoms with van der Waals surface area (Å²) in [6, 6.07) is 19.4. The molecule has 98 valence electrons. The van der Waals surface area contributed by atoms with Crippen LogP contribution in [0, 0.1) is 5.92 Å². The lowest BCUT2D eigenvalue weighted by atomic mass is 10.1. The summed E-state index contributed by atoms with van der Waals surface area (Å²) in [5.41, 5.74) is 1.86. The summed E-state index contributed by atoms with van der Waals surface area (Å²) in [5.74, 6) is -0.0740. The molecule has 3 nitrogen and oxygen atoms in total. The molecule has 2 aromatic rings. The van der Waals surface area contributed by atoms with Gasteiger partial charge in [0.05, 0.1) is 5.92 Å². The normalized spacial score (nSPS) is 11.6. The van der Waals surface area contributed by atoms with Gasteiger partial charge in [0.2, 0.25) is 5.91 Å². The molecular weight excluding hydrogens is 236 g/mol. The minimum Gasteiger partial charge on any atom is -0.384 e. The van der Waals surface area contributed by atoms with Crippen LogP contribution in [0.5, 0.6) is 0 Å². The first-order valence-electron chi connectivity index (χ1n) is 6.40. The second kappa shape index (κ2) is 6.59. The Kier molecular flexibility index (Phi) is 4.56. The van der Waals surface area contributed by atoms with Crippen LogP contribution < -0.4 is 10.6 Å². The van der Waals surface area contributed by atoms with E-state index in [0.717, 1.165) is 11.4 Å². The summed E-state index contributed by atoms with van der Waals surface area (Å²) in [4.78, 5) is 12.0. The quantitative estimate of drug-likeness (QED) is 0.859. The number of hydrogen-bond acceptors (Lipinski definition) is 2. The minimum atomic E-state index is -0.0968. The van der Waals surface area contributed by atoms with E-state index in [4.69, 9.17) is 0 Å². The van der Waals surface area contributed by atoms with Gasteiger partial charge in [0.15, 0.2) is 0 Å². The minimum absolute atomic E-state index is 0.0228. The fourth-order valence-corrected chi connectivity index (χ4v) is 1.71. The molecule has 0 aliphatic rings. The lowest BCUT2D eigenvalue weighted by molar-refractivity contribution is -0.119. The zero-order chi connectivity index (χ0) is 13.5. The molecule has 2 N–H and O–H groups in total. The molecule has 1 atom stereocenters. The van der Waals surface area contributed by atoms with Crippen LogP contribution >= 0.6 is 0 Å². The molecule has 0 saturated carbocycles. The fraction of sp³-hybridized carbons (Fsp3) is 0.188. The highest BCUT2D eigenvalue weighted by atomic mass is 16.1. The van der Waals surface area contributed by atoms with Crippen LogP contribution in [0.1, 0.15) is 6.92 Å². The van der Waals surface area contributed by atoms with E-state index in [-0.39, 0.29) is 11.8 Å². The third-order valence-electron chi connectivity index (χ3n) is 2.88. The molecule has 0 aliphatic heterocycles. The van der Waals surface area contributed by atoms with Gasteiger partial charge < -0.3 is 10.6 Å². The van der Waals surface area contributed by atoms with Gasteiger partial charge in [-0.05, 0) is 24.3 Å². The van der Waals surface area contributed by atoms with Crippen molar-refractivity contribution >= 4 is 17.3 Å². The van der Waals surface area contributed by atoms with Gasteiger partial charge in [0, 0.05) is 17.9 Å². The number of benzene rings is 2. The highest BCUT2D eigenvalue weighted by Gasteiger charge is 2.12. The summed E-state index contributed by atoms with van der Waals surface area (Å²) in [5, 5.41) is 6.15. The van der Waals surface area contributed by atoms with Crippen molar-refractivity contribution in [3.8, 4) is 0 Å². The maximum absolute atomic E-state index is 12.0. The van der Waals surface area contributed by atoms with Gasteiger partial charge in [-0.25, -0.2) is 0 Å². The van der Waals surface area contributed by atoms with Crippen molar-refractivity contribution in [1.82, 2.24) is 0 Å². The van der Waals surface area contributed by atoms with Crippen LogP contribution in [0.2, 0.25) is 0 Å². The first kappa shape index (κ1) is 13.1. The summed E-state index contributed by atoms with van der Waals surface area (Å²) in [7, 11) is 0. The van der Waals surface area contributed by atoms with Crippen molar-refractivity contribution in [2.24, 2.45) is 5.92 Å². The zero-order valence-electron chi connectivity index (χ0n) is 11.0. The number of hydrogen-bond donors (Lipinski definition) is 2. The Labute approximate surface area is 113 Å². The van der Waals surface area contributed by atoms with E-state index in [0.29, 0.717) is 6.54 Å². The van der Waals surface area contributed by atoms with E-state index < -0.39 is 0 Å². The number of carbonyl (C=O) groups excluding carboxylic acids is 1. The first-order valence-corrected chi connectivity index (χ1v) is 6.40.